The van der Waals surface area contributed by atoms with E-state index in [4.69, 9.17) is 27.8 Å². The number of methoxy groups -OCH3 is 1. The van der Waals surface area contributed by atoms with E-state index in [1.54, 1.807) is 31.4 Å². The minimum absolute atomic E-state index is 0.00929. The molecule has 33 heavy (non-hydrogen) atoms. The smallest absolute Gasteiger partial charge is 0.258 e. The summed E-state index contributed by atoms with van der Waals surface area (Å²) in [7, 11) is 1.60. The van der Waals surface area contributed by atoms with Crippen molar-refractivity contribution in [3.8, 4) is 5.75 Å². The Balaban J connectivity index is 1.69. The van der Waals surface area contributed by atoms with Crippen molar-refractivity contribution < 1.29 is 9.53 Å². The first-order chi connectivity index (χ1) is 15.9. The number of guanidine groups is 1. The Morgan fingerprint density at radius 3 is 2.61 bits per heavy atom. The van der Waals surface area contributed by atoms with Gasteiger partial charge >= 0.3 is 0 Å². The number of anilines is 2. The van der Waals surface area contributed by atoms with Gasteiger partial charge in [-0.1, -0.05) is 24.4 Å². The van der Waals surface area contributed by atoms with Gasteiger partial charge in [-0.05, 0) is 55.3 Å². The number of amides is 1. The highest BCUT2D eigenvalue weighted by molar-refractivity contribution is 6.30. The number of nitrogens with two attached hydrogens (primary N) is 2. The van der Waals surface area contributed by atoms with Crippen LogP contribution in [-0.4, -0.2) is 41.0 Å². The minimum atomic E-state index is -0.332. The van der Waals surface area contributed by atoms with E-state index in [2.05, 4.69) is 25.6 Å². The number of ether oxygens (including phenoxy) is 1. The van der Waals surface area contributed by atoms with Gasteiger partial charge < -0.3 is 21.5 Å². The third-order valence-corrected chi connectivity index (χ3v) is 5.85. The first-order valence-corrected chi connectivity index (χ1v) is 11.1. The summed E-state index contributed by atoms with van der Waals surface area (Å²) in [5.74, 6) is 1.18. The van der Waals surface area contributed by atoms with Gasteiger partial charge in [0.15, 0.2) is 5.96 Å². The highest BCUT2D eigenvalue weighted by Gasteiger charge is 2.26. The van der Waals surface area contributed by atoms with Gasteiger partial charge in [0, 0.05) is 16.0 Å². The summed E-state index contributed by atoms with van der Waals surface area (Å²) in [5.41, 5.74) is 12.4. The molecule has 3 aromatic rings. The van der Waals surface area contributed by atoms with Gasteiger partial charge in [-0.25, -0.2) is 9.98 Å². The third kappa shape index (κ3) is 5.43. The number of hydrogen-bond acceptors (Lipinski definition) is 6. The standard InChI is InChI=1S/C23H26ClN7O2/c1-33-15-10-11-17-16(12-15)20(27-18-4-2-3-5-19(18)28-22(25)26)30-23(29-17)31-21(32)13-6-8-14(24)9-7-13/h6-12,18-19H,2-5H2,1H3,(H4,25,26,28)(H2,27,29,30,31,32)/t18-,19+/m1/s1. The Hall–Kier alpha value is -3.59. The summed E-state index contributed by atoms with van der Waals surface area (Å²) in [6, 6.07) is 12.0. The van der Waals surface area contributed by atoms with Gasteiger partial charge in [-0.3, -0.25) is 10.1 Å². The molecular weight excluding hydrogens is 442 g/mol. The summed E-state index contributed by atoms with van der Waals surface area (Å²) in [6.07, 6.45) is 3.88. The molecule has 2 atom stereocenters. The summed E-state index contributed by atoms with van der Waals surface area (Å²) in [5, 5.41) is 7.60. The van der Waals surface area contributed by atoms with E-state index in [1.807, 2.05) is 18.2 Å². The lowest BCUT2D eigenvalue weighted by molar-refractivity contribution is 0.102. The molecule has 4 rings (SSSR count). The number of nitrogens with one attached hydrogen (secondary N) is 2. The molecular formula is C23H26ClN7O2. The summed E-state index contributed by atoms with van der Waals surface area (Å²) < 4.78 is 5.38. The molecule has 1 aliphatic rings. The average Bonchev–Trinajstić information content (AvgIpc) is 2.80. The lowest BCUT2D eigenvalue weighted by Gasteiger charge is -2.30. The van der Waals surface area contributed by atoms with Crippen LogP contribution in [0.25, 0.3) is 10.9 Å². The monoisotopic (exact) mass is 467 g/mol. The Kier molecular flexibility index (Phi) is 6.79. The first-order valence-electron chi connectivity index (χ1n) is 10.7. The number of carbonyl (C=O) groups is 1. The fraction of sp³-hybridized carbons (Fsp3) is 0.304. The molecule has 9 nitrogen and oxygen atoms in total. The summed E-state index contributed by atoms with van der Waals surface area (Å²) in [4.78, 5) is 26.3. The van der Waals surface area contributed by atoms with Crippen LogP contribution in [0.3, 0.4) is 0 Å². The molecule has 0 bridgehead atoms. The zero-order valence-electron chi connectivity index (χ0n) is 18.2. The number of rotatable bonds is 6. The van der Waals surface area contributed by atoms with Gasteiger partial charge in [-0.2, -0.15) is 4.98 Å². The summed E-state index contributed by atoms with van der Waals surface area (Å²) in [6.45, 7) is 0. The Morgan fingerprint density at radius 1 is 1.12 bits per heavy atom. The van der Waals surface area contributed by atoms with Gasteiger partial charge in [0.25, 0.3) is 5.91 Å². The van der Waals surface area contributed by atoms with Crippen molar-refractivity contribution in [2.75, 3.05) is 17.7 Å². The largest absolute Gasteiger partial charge is 0.497 e. The van der Waals surface area contributed by atoms with E-state index in [0.29, 0.717) is 27.7 Å². The Labute approximate surface area is 196 Å². The molecule has 0 radical (unpaired) electrons. The topological polar surface area (TPSA) is 141 Å². The van der Waals surface area contributed by atoms with Crippen molar-refractivity contribution in [2.24, 2.45) is 16.5 Å². The molecule has 6 N–H and O–H groups in total. The molecule has 1 heterocycles. The lowest BCUT2D eigenvalue weighted by Crippen LogP contribution is -2.38. The van der Waals surface area contributed by atoms with Crippen molar-refractivity contribution in [1.29, 1.82) is 0 Å². The molecule has 1 saturated carbocycles. The van der Waals surface area contributed by atoms with E-state index in [-0.39, 0.29) is 29.9 Å². The lowest BCUT2D eigenvalue weighted by atomic mass is 9.90. The molecule has 1 aromatic heterocycles. The van der Waals surface area contributed by atoms with Gasteiger partial charge in [0.05, 0.1) is 24.7 Å². The number of benzene rings is 2. The van der Waals surface area contributed by atoms with Gasteiger partial charge in [0.2, 0.25) is 5.95 Å². The van der Waals surface area contributed by atoms with Gasteiger partial charge in [0.1, 0.15) is 11.6 Å². The molecule has 0 unspecified atom stereocenters. The first kappa shape index (κ1) is 22.6. The van der Waals surface area contributed by atoms with E-state index >= 15 is 0 Å². The van der Waals surface area contributed by atoms with Crippen molar-refractivity contribution >= 4 is 46.1 Å². The van der Waals surface area contributed by atoms with Crippen LogP contribution in [0.4, 0.5) is 11.8 Å². The van der Waals surface area contributed by atoms with Crippen LogP contribution in [0.15, 0.2) is 47.5 Å². The molecule has 0 spiro atoms. The highest BCUT2D eigenvalue weighted by atomic mass is 35.5. The second kappa shape index (κ2) is 9.91. The van der Waals surface area contributed by atoms with Crippen molar-refractivity contribution in [3.05, 3.63) is 53.1 Å². The molecule has 0 saturated heterocycles. The van der Waals surface area contributed by atoms with E-state index in [9.17, 15) is 4.79 Å². The zero-order valence-corrected chi connectivity index (χ0v) is 19.0. The highest BCUT2D eigenvalue weighted by Crippen LogP contribution is 2.30. The van der Waals surface area contributed by atoms with E-state index in [1.165, 1.54) is 0 Å². The van der Waals surface area contributed by atoms with Crippen LogP contribution in [-0.2, 0) is 0 Å². The maximum Gasteiger partial charge on any atom is 0.258 e. The van der Waals surface area contributed by atoms with Crippen LogP contribution in [0.5, 0.6) is 5.75 Å². The Morgan fingerprint density at radius 2 is 1.88 bits per heavy atom. The van der Waals surface area contributed by atoms with E-state index < -0.39 is 0 Å². The average molecular weight is 468 g/mol. The normalized spacial score (nSPS) is 17.9. The summed E-state index contributed by atoms with van der Waals surface area (Å²) >= 11 is 5.92. The number of fused-ring (bicyclic) bond motifs is 1. The minimum Gasteiger partial charge on any atom is -0.497 e. The molecule has 1 amide bonds. The number of hydrogen-bond donors (Lipinski definition) is 4. The third-order valence-electron chi connectivity index (χ3n) is 5.60. The molecule has 172 valence electrons. The second-order valence-electron chi connectivity index (χ2n) is 7.90. The fourth-order valence-electron chi connectivity index (χ4n) is 3.98. The molecule has 2 aromatic carbocycles. The molecule has 1 aliphatic carbocycles. The van der Waals surface area contributed by atoms with Crippen molar-refractivity contribution in [1.82, 2.24) is 9.97 Å². The van der Waals surface area contributed by atoms with Crippen LogP contribution >= 0.6 is 11.6 Å². The quantitative estimate of drug-likeness (QED) is 0.321. The van der Waals surface area contributed by atoms with Crippen LogP contribution in [0.1, 0.15) is 36.0 Å². The number of nitrogens with zero attached hydrogens (tertiary/aromatic N) is 3. The predicted octanol–water partition coefficient (Wildman–Crippen LogP) is 3.54. The molecule has 1 fully saturated rings. The van der Waals surface area contributed by atoms with Crippen molar-refractivity contribution in [2.45, 2.75) is 37.8 Å². The van der Waals surface area contributed by atoms with Gasteiger partial charge in [-0.15, -0.1) is 0 Å². The molecule has 10 heteroatoms. The molecule has 0 aliphatic heterocycles. The second-order valence-corrected chi connectivity index (χ2v) is 8.33. The van der Waals surface area contributed by atoms with Crippen LogP contribution < -0.4 is 26.8 Å². The van der Waals surface area contributed by atoms with Crippen LogP contribution in [0.2, 0.25) is 5.02 Å². The van der Waals surface area contributed by atoms with E-state index in [0.717, 1.165) is 31.1 Å². The zero-order chi connectivity index (χ0) is 23.4. The number of carbonyl (C=O) groups excluding carboxylic acids is 1. The number of halogens is 1. The fourth-order valence-corrected chi connectivity index (χ4v) is 4.10. The maximum atomic E-state index is 12.7. The number of aliphatic imine (C=N–C) groups is 1. The maximum absolute atomic E-state index is 12.7. The van der Waals surface area contributed by atoms with Crippen LogP contribution in [0, 0.1) is 0 Å². The van der Waals surface area contributed by atoms with Crippen molar-refractivity contribution in [3.63, 3.8) is 0 Å². The SMILES string of the molecule is COc1ccc2nc(NC(=O)c3ccc(Cl)cc3)nc(N[C@@H]3CCCC[C@@H]3N=C(N)N)c2c1. The number of aromatic nitrogens is 2. The Bertz CT molecular complexity index is 1180. The predicted molar refractivity (Wildman–Crippen MR) is 131 cm³/mol.